The Labute approximate surface area is 179 Å². The molecule has 11 heteroatoms. The van der Waals surface area contributed by atoms with Gasteiger partial charge in [0.2, 0.25) is 0 Å². The minimum atomic E-state index is -4.75. The first-order valence-electron chi connectivity index (χ1n) is 9.03. The third-order valence-electron chi connectivity index (χ3n) is 3.97. The van der Waals surface area contributed by atoms with Gasteiger partial charge in [0.25, 0.3) is 5.56 Å². The zero-order valence-electron chi connectivity index (χ0n) is 17.1. The monoisotopic (exact) mass is 452 g/mol. The van der Waals surface area contributed by atoms with Crippen molar-refractivity contribution in [3.8, 4) is 5.69 Å². The number of halogens is 3. The Morgan fingerprint density at radius 2 is 1.90 bits per heavy atom. The standard InChI is InChI=1S/C20H19F3N4O3S/c1-19(2,3)30-18(29)25-11-6-5-7-12(8-11)27-15(28)9-14(20(21,22)23)13-10-24-17(31-4)26-16(13)27/h5-10H,1-4H3,(H,25,29). The van der Waals surface area contributed by atoms with Crippen molar-refractivity contribution in [3.63, 3.8) is 0 Å². The predicted octanol–water partition coefficient (Wildman–Crippen LogP) is 4.87. The summed E-state index contributed by atoms with van der Waals surface area (Å²) in [5.41, 5.74) is -2.41. The molecule has 2 aromatic heterocycles. The van der Waals surface area contributed by atoms with Crippen LogP contribution in [0.5, 0.6) is 0 Å². The average molecular weight is 452 g/mol. The molecule has 0 radical (unpaired) electrons. The molecule has 2 heterocycles. The third kappa shape index (κ3) is 5.16. The summed E-state index contributed by atoms with van der Waals surface area (Å²) in [6.45, 7) is 5.12. The van der Waals surface area contributed by atoms with Crippen molar-refractivity contribution < 1.29 is 22.7 Å². The van der Waals surface area contributed by atoms with Crippen LogP contribution in [-0.2, 0) is 10.9 Å². The summed E-state index contributed by atoms with van der Waals surface area (Å²) in [5, 5.41) is 2.44. The first-order valence-corrected chi connectivity index (χ1v) is 10.3. The number of ether oxygens (including phenoxy) is 1. The number of hydrogen-bond donors (Lipinski definition) is 1. The second kappa shape index (κ2) is 8.22. The van der Waals surface area contributed by atoms with Crippen molar-refractivity contribution in [2.75, 3.05) is 11.6 Å². The van der Waals surface area contributed by atoms with Gasteiger partial charge in [-0.05, 0) is 45.2 Å². The van der Waals surface area contributed by atoms with E-state index in [1.165, 1.54) is 12.1 Å². The molecule has 31 heavy (non-hydrogen) atoms. The lowest BCUT2D eigenvalue weighted by atomic mass is 10.1. The van der Waals surface area contributed by atoms with Crippen LogP contribution in [-0.4, -0.2) is 32.5 Å². The van der Waals surface area contributed by atoms with E-state index in [1.807, 2.05) is 0 Å². The van der Waals surface area contributed by atoms with E-state index in [0.717, 1.165) is 22.5 Å². The number of alkyl halides is 3. The van der Waals surface area contributed by atoms with Crippen LogP contribution in [0.2, 0.25) is 0 Å². The lowest BCUT2D eigenvalue weighted by Gasteiger charge is -2.20. The molecule has 3 rings (SSSR count). The summed E-state index contributed by atoms with van der Waals surface area (Å²) >= 11 is 1.13. The molecule has 0 fully saturated rings. The van der Waals surface area contributed by atoms with Gasteiger partial charge in [-0.2, -0.15) is 13.2 Å². The number of nitrogens with one attached hydrogen (secondary N) is 1. The van der Waals surface area contributed by atoms with E-state index in [9.17, 15) is 22.8 Å². The Morgan fingerprint density at radius 1 is 1.19 bits per heavy atom. The van der Waals surface area contributed by atoms with Crippen LogP contribution in [0, 0.1) is 0 Å². The minimum Gasteiger partial charge on any atom is -0.444 e. The summed E-state index contributed by atoms with van der Waals surface area (Å²) in [5.74, 6) is 0. The second-order valence-corrected chi connectivity index (χ2v) is 8.27. The van der Waals surface area contributed by atoms with Crippen LogP contribution in [0.15, 0.2) is 46.5 Å². The van der Waals surface area contributed by atoms with E-state index in [2.05, 4.69) is 15.3 Å². The Hall–Kier alpha value is -3.08. The number of nitrogens with zero attached hydrogens (tertiary/aromatic N) is 3. The number of carbonyl (C=O) groups is 1. The maximum absolute atomic E-state index is 13.5. The Balaban J connectivity index is 2.16. The highest BCUT2D eigenvalue weighted by Crippen LogP contribution is 2.34. The van der Waals surface area contributed by atoms with Gasteiger partial charge in [-0.1, -0.05) is 17.8 Å². The van der Waals surface area contributed by atoms with Crippen LogP contribution < -0.4 is 10.9 Å². The molecular formula is C20H19F3N4O3S. The van der Waals surface area contributed by atoms with Crippen LogP contribution in [0.4, 0.5) is 23.7 Å². The largest absolute Gasteiger partial charge is 0.444 e. The highest BCUT2D eigenvalue weighted by Gasteiger charge is 2.34. The number of amides is 1. The quantitative estimate of drug-likeness (QED) is 0.451. The first kappa shape index (κ1) is 22.6. The van der Waals surface area contributed by atoms with Gasteiger partial charge < -0.3 is 4.74 Å². The normalized spacial score (nSPS) is 12.1. The number of fused-ring (bicyclic) bond motifs is 1. The smallest absolute Gasteiger partial charge is 0.417 e. The van der Waals surface area contributed by atoms with E-state index in [1.54, 1.807) is 39.2 Å². The van der Waals surface area contributed by atoms with E-state index in [0.29, 0.717) is 11.8 Å². The SMILES string of the molecule is CSc1ncc2c(C(F)(F)F)cc(=O)n(-c3cccc(NC(=O)OC(C)(C)C)c3)c2n1. The fourth-order valence-corrected chi connectivity index (χ4v) is 3.15. The van der Waals surface area contributed by atoms with Gasteiger partial charge in [0.05, 0.1) is 11.3 Å². The number of carbonyl (C=O) groups excluding carboxylic acids is 1. The predicted molar refractivity (Wildman–Crippen MR) is 112 cm³/mol. The molecule has 0 saturated heterocycles. The molecule has 1 amide bonds. The van der Waals surface area contributed by atoms with Crippen LogP contribution in [0.1, 0.15) is 26.3 Å². The first-order chi connectivity index (χ1) is 14.4. The molecule has 0 saturated carbocycles. The summed E-state index contributed by atoms with van der Waals surface area (Å²) in [4.78, 5) is 32.8. The van der Waals surface area contributed by atoms with Crippen LogP contribution in [0.3, 0.4) is 0 Å². The van der Waals surface area contributed by atoms with Gasteiger partial charge >= 0.3 is 12.3 Å². The van der Waals surface area contributed by atoms with Crippen molar-refractivity contribution in [3.05, 3.63) is 52.4 Å². The Bertz CT molecular complexity index is 1200. The van der Waals surface area contributed by atoms with Crippen molar-refractivity contribution in [2.24, 2.45) is 0 Å². The Kier molecular flexibility index (Phi) is 5.99. The van der Waals surface area contributed by atoms with Gasteiger partial charge in [-0.25, -0.2) is 14.8 Å². The average Bonchev–Trinajstić information content (AvgIpc) is 2.64. The fraction of sp³-hybridized carbons (Fsp3) is 0.300. The molecule has 0 aliphatic carbocycles. The molecule has 0 spiro atoms. The molecule has 0 aliphatic heterocycles. The summed E-state index contributed by atoms with van der Waals surface area (Å²) in [6.07, 6.45) is -2.74. The zero-order valence-corrected chi connectivity index (χ0v) is 17.9. The number of thioether (sulfide) groups is 1. The maximum atomic E-state index is 13.5. The number of benzene rings is 1. The number of pyridine rings is 1. The minimum absolute atomic E-state index is 0.186. The van der Waals surface area contributed by atoms with Gasteiger partial charge in [0.1, 0.15) is 5.60 Å². The lowest BCUT2D eigenvalue weighted by Crippen LogP contribution is -2.27. The second-order valence-electron chi connectivity index (χ2n) is 7.50. The lowest BCUT2D eigenvalue weighted by molar-refractivity contribution is -0.136. The van der Waals surface area contributed by atoms with Gasteiger partial charge in [-0.3, -0.25) is 14.7 Å². The van der Waals surface area contributed by atoms with Crippen LogP contribution >= 0.6 is 11.8 Å². The van der Waals surface area contributed by atoms with Gasteiger partial charge in [-0.15, -0.1) is 0 Å². The number of anilines is 1. The molecule has 0 atom stereocenters. The van der Waals surface area contributed by atoms with E-state index in [4.69, 9.17) is 4.74 Å². The summed E-state index contributed by atoms with van der Waals surface area (Å²) in [7, 11) is 0. The Morgan fingerprint density at radius 3 is 2.52 bits per heavy atom. The topological polar surface area (TPSA) is 86.1 Å². The molecule has 0 bridgehead atoms. The number of aromatic nitrogens is 3. The van der Waals surface area contributed by atoms with E-state index < -0.39 is 29.0 Å². The van der Waals surface area contributed by atoms with Crippen molar-refractivity contribution in [2.45, 2.75) is 37.7 Å². The molecule has 0 unspecified atom stereocenters. The fourth-order valence-electron chi connectivity index (χ4n) is 2.81. The molecule has 164 valence electrons. The molecular weight excluding hydrogens is 433 g/mol. The highest BCUT2D eigenvalue weighted by atomic mass is 32.2. The van der Waals surface area contributed by atoms with Crippen molar-refractivity contribution >= 4 is 34.6 Å². The van der Waals surface area contributed by atoms with E-state index in [-0.39, 0.29) is 21.9 Å². The van der Waals surface area contributed by atoms with Gasteiger partial charge in [0.15, 0.2) is 10.8 Å². The zero-order chi connectivity index (χ0) is 23.0. The van der Waals surface area contributed by atoms with Crippen molar-refractivity contribution in [1.29, 1.82) is 0 Å². The molecule has 7 nitrogen and oxygen atoms in total. The van der Waals surface area contributed by atoms with Gasteiger partial charge in [0, 0.05) is 23.3 Å². The number of rotatable bonds is 3. The highest BCUT2D eigenvalue weighted by molar-refractivity contribution is 7.98. The third-order valence-corrected chi connectivity index (χ3v) is 4.54. The van der Waals surface area contributed by atoms with Crippen molar-refractivity contribution in [1.82, 2.24) is 14.5 Å². The van der Waals surface area contributed by atoms with Crippen LogP contribution in [0.25, 0.3) is 16.7 Å². The molecule has 1 N–H and O–H groups in total. The molecule has 3 aromatic rings. The maximum Gasteiger partial charge on any atom is 0.417 e. The molecule has 0 aliphatic rings. The molecule has 1 aromatic carbocycles. The summed E-state index contributed by atoms with van der Waals surface area (Å²) in [6, 6.07) is 6.59. The van der Waals surface area contributed by atoms with E-state index >= 15 is 0 Å². The summed E-state index contributed by atoms with van der Waals surface area (Å²) < 4.78 is 46.7. The number of hydrogen-bond acceptors (Lipinski definition) is 6.